The minimum Gasteiger partial charge on any atom is -0.380 e. The van der Waals surface area contributed by atoms with Crippen LogP contribution in [0.4, 0.5) is 0 Å². The second-order valence-electron chi connectivity index (χ2n) is 4.48. The number of hydrogen-bond donors (Lipinski definition) is 1. The van der Waals surface area contributed by atoms with Crippen LogP contribution in [0.1, 0.15) is 16.7 Å². The Labute approximate surface area is 119 Å². The van der Waals surface area contributed by atoms with Gasteiger partial charge in [0.05, 0.1) is 6.61 Å². The number of ether oxygens (including phenoxy) is 1. The zero-order chi connectivity index (χ0) is 13.5. The van der Waals surface area contributed by atoms with Gasteiger partial charge >= 0.3 is 0 Å². The van der Waals surface area contributed by atoms with Crippen molar-refractivity contribution in [2.24, 2.45) is 0 Å². The van der Waals surface area contributed by atoms with Crippen molar-refractivity contribution in [2.75, 3.05) is 7.11 Å². The van der Waals surface area contributed by atoms with Gasteiger partial charge in [-0.15, -0.1) is 0 Å². The third-order valence-electron chi connectivity index (χ3n) is 2.88. The van der Waals surface area contributed by atoms with Crippen molar-refractivity contribution < 1.29 is 4.74 Å². The SMILES string of the molecule is COCc1ccc(CNCc2cccc(Cl)c2)cc1. The van der Waals surface area contributed by atoms with Crippen LogP contribution in [-0.2, 0) is 24.4 Å². The van der Waals surface area contributed by atoms with Gasteiger partial charge in [0.15, 0.2) is 0 Å². The van der Waals surface area contributed by atoms with Gasteiger partial charge in [-0.3, -0.25) is 0 Å². The predicted octanol–water partition coefficient (Wildman–Crippen LogP) is 3.78. The van der Waals surface area contributed by atoms with E-state index in [0.717, 1.165) is 18.1 Å². The molecule has 100 valence electrons. The zero-order valence-electron chi connectivity index (χ0n) is 11.0. The van der Waals surface area contributed by atoms with Crippen molar-refractivity contribution >= 4 is 11.6 Å². The van der Waals surface area contributed by atoms with Gasteiger partial charge in [-0.05, 0) is 28.8 Å². The summed E-state index contributed by atoms with van der Waals surface area (Å²) in [4.78, 5) is 0. The zero-order valence-corrected chi connectivity index (χ0v) is 11.8. The number of methoxy groups -OCH3 is 1. The maximum absolute atomic E-state index is 5.95. The average Bonchev–Trinajstić information content (AvgIpc) is 2.41. The lowest BCUT2D eigenvalue weighted by Crippen LogP contribution is -2.12. The van der Waals surface area contributed by atoms with Gasteiger partial charge in [0, 0.05) is 25.2 Å². The van der Waals surface area contributed by atoms with Crippen LogP contribution in [0.5, 0.6) is 0 Å². The molecule has 0 heterocycles. The lowest BCUT2D eigenvalue weighted by atomic mass is 10.1. The normalized spacial score (nSPS) is 10.6. The second kappa shape index (κ2) is 7.29. The highest BCUT2D eigenvalue weighted by molar-refractivity contribution is 6.30. The fourth-order valence-electron chi connectivity index (χ4n) is 1.92. The van der Waals surface area contributed by atoms with E-state index in [4.69, 9.17) is 16.3 Å². The van der Waals surface area contributed by atoms with E-state index in [1.165, 1.54) is 16.7 Å². The van der Waals surface area contributed by atoms with Crippen molar-refractivity contribution in [3.8, 4) is 0 Å². The maximum Gasteiger partial charge on any atom is 0.0713 e. The summed E-state index contributed by atoms with van der Waals surface area (Å²) in [6.45, 7) is 2.33. The van der Waals surface area contributed by atoms with E-state index in [1.54, 1.807) is 7.11 Å². The molecule has 0 unspecified atom stereocenters. The summed E-state index contributed by atoms with van der Waals surface area (Å²) in [5, 5.41) is 4.19. The molecule has 0 aliphatic rings. The summed E-state index contributed by atoms with van der Waals surface area (Å²) in [6, 6.07) is 16.4. The molecule has 0 aliphatic carbocycles. The standard InChI is InChI=1S/C16H18ClNO/c1-19-12-14-7-5-13(6-8-14)10-18-11-15-3-2-4-16(17)9-15/h2-9,18H,10-12H2,1H3. The van der Waals surface area contributed by atoms with E-state index >= 15 is 0 Å². The van der Waals surface area contributed by atoms with Crippen LogP contribution >= 0.6 is 11.6 Å². The topological polar surface area (TPSA) is 21.3 Å². The molecule has 0 atom stereocenters. The van der Waals surface area contributed by atoms with Gasteiger partial charge in [-0.2, -0.15) is 0 Å². The smallest absolute Gasteiger partial charge is 0.0713 e. The first kappa shape index (κ1) is 14.1. The van der Waals surface area contributed by atoms with Crippen LogP contribution in [0.2, 0.25) is 5.02 Å². The molecule has 1 N–H and O–H groups in total. The molecule has 0 radical (unpaired) electrons. The minimum atomic E-state index is 0.663. The first-order valence-electron chi connectivity index (χ1n) is 6.30. The molecule has 0 spiro atoms. The molecule has 2 rings (SSSR count). The van der Waals surface area contributed by atoms with Crippen molar-refractivity contribution in [2.45, 2.75) is 19.7 Å². The van der Waals surface area contributed by atoms with E-state index in [2.05, 4.69) is 35.6 Å². The highest BCUT2D eigenvalue weighted by Gasteiger charge is 1.96. The molecule has 0 aromatic heterocycles. The van der Waals surface area contributed by atoms with Crippen molar-refractivity contribution in [1.82, 2.24) is 5.32 Å². The fourth-order valence-corrected chi connectivity index (χ4v) is 2.13. The number of halogens is 1. The monoisotopic (exact) mass is 275 g/mol. The van der Waals surface area contributed by atoms with Crippen LogP contribution in [0.25, 0.3) is 0 Å². The van der Waals surface area contributed by atoms with Crippen LogP contribution in [0, 0.1) is 0 Å². The molecule has 0 fully saturated rings. The minimum absolute atomic E-state index is 0.663. The summed E-state index contributed by atoms with van der Waals surface area (Å²) < 4.78 is 5.09. The van der Waals surface area contributed by atoms with Crippen molar-refractivity contribution in [3.63, 3.8) is 0 Å². The quantitative estimate of drug-likeness (QED) is 0.866. The Hall–Kier alpha value is -1.35. The second-order valence-corrected chi connectivity index (χ2v) is 4.92. The Morgan fingerprint density at radius 3 is 2.32 bits per heavy atom. The molecule has 2 aromatic rings. The molecule has 19 heavy (non-hydrogen) atoms. The number of nitrogens with one attached hydrogen (secondary N) is 1. The van der Waals surface area contributed by atoms with Crippen LogP contribution in [0.3, 0.4) is 0 Å². The van der Waals surface area contributed by atoms with Crippen molar-refractivity contribution in [3.05, 3.63) is 70.2 Å². The molecule has 0 saturated carbocycles. The highest BCUT2D eigenvalue weighted by atomic mass is 35.5. The molecule has 0 bridgehead atoms. The van der Waals surface area contributed by atoms with E-state index in [9.17, 15) is 0 Å². The lowest BCUT2D eigenvalue weighted by molar-refractivity contribution is 0.185. The van der Waals surface area contributed by atoms with Gasteiger partial charge < -0.3 is 10.1 Å². The largest absolute Gasteiger partial charge is 0.380 e. The predicted molar refractivity (Wildman–Crippen MR) is 79.2 cm³/mol. The van der Waals surface area contributed by atoms with Crippen LogP contribution in [-0.4, -0.2) is 7.11 Å². The van der Waals surface area contributed by atoms with E-state index in [1.807, 2.05) is 18.2 Å². The molecule has 2 aromatic carbocycles. The number of benzene rings is 2. The molecule has 0 saturated heterocycles. The molecule has 2 nitrogen and oxygen atoms in total. The Morgan fingerprint density at radius 2 is 1.63 bits per heavy atom. The van der Waals surface area contributed by atoms with Crippen molar-refractivity contribution in [1.29, 1.82) is 0 Å². The van der Waals surface area contributed by atoms with Gasteiger partial charge in [-0.25, -0.2) is 0 Å². The maximum atomic E-state index is 5.95. The Bertz CT molecular complexity index is 510. The average molecular weight is 276 g/mol. The third-order valence-corrected chi connectivity index (χ3v) is 3.12. The van der Waals surface area contributed by atoms with Gasteiger partial charge in [0.25, 0.3) is 0 Å². The summed E-state index contributed by atoms with van der Waals surface area (Å²) in [5.74, 6) is 0. The summed E-state index contributed by atoms with van der Waals surface area (Å²) in [6.07, 6.45) is 0. The number of rotatable bonds is 6. The molecular weight excluding hydrogens is 258 g/mol. The Kier molecular flexibility index (Phi) is 5.40. The summed E-state index contributed by atoms with van der Waals surface area (Å²) in [5.41, 5.74) is 3.66. The lowest BCUT2D eigenvalue weighted by Gasteiger charge is -2.06. The first-order chi connectivity index (χ1) is 9.28. The Morgan fingerprint density at radius 1 is 0.947 bits per heavy atom. The van der Waals surface area contributed by atoms with E-state index in [-0.39, 0.29) is 0 Å². The van der Waals surface area contributed by atoms with Gasteiger partial charge in [-0.1, -0.05) is 48.0 Å². The highest BCUT2D eigenvalue weighted by Crippen LogP contribution is 2.11. The van der Waals surface area contributed by atoms with E-state index in [0.29, 0.717) is 6.61 Å². The van der Waals surface area contributed by atoms with Crippen LogP contribution in [0.15, 0.2) is 48.5 Å². The van der Waals surface area contributed by atoms with E-state index < -0.39 is 0 Å². The third kappa shape index (κ3) is 4.67. The number of hydrogen-bond acceptors (Lipinski definition) is 2. The van der Waals surface area contributed by atoms with Gasteiger partial charge in [0.2, 0.25) is 0 Å². The van der Waals surface area contributed by atoms with Gasteiger partial charge in [0.1, 0.15) is 0 Å². The fraction of sp³-hybridized carbons (Fsp3) is 0.250. The van der Waals surface area contributed by atoms with Crippen LogP contribution < -0.4 is 5.32 Å². The molecular formula is C16H18ClNO. The summed E-state index contributed by atoms with van der Waals surface area (Å²) in [7, 11) is 1.71. The Balaban J connectivity index is 1.82. The summed E-state index contributed by atoms with van der Waals surface area (Å²) >= 11 is 5.95. The molecule has 3 heteroatoms. The molecule has 0 amide bonds. The molecule has 0 aliphatic heterocycles. The first-order valence-corrected chi connectivity index (χ1v) is 6.67.